The summed E-state index contributed by atoms with van der Waals surface area (Å²) in [5.74, 6) is 7.45. The summed E-state index contributed by atoms with van der Waals surface area (Å²) in [7, 11) is 0. The van der Waals surface area contributed by atoms with Crippen LogP contribution < -0.4 is 4.74 Å². The monoisotopic (exact) mass is 362 g/mol. The van der Waals surface area contributed by atoms with E-state index >= 15 is 0 Å². The van der Waals surface area contributed by atoms with E-state index in [4.69, 9.17) is 4.74 Å². The Morgan fingerprint density at radius 1 is 0.643 bits per heavy atom. The average Bonchev–Trinajstić information content (AvgIpc) is 2.73. The van der Waals surface area contributed by atoms with Gasteiger partial charge >= 0.3 is 0 Å². The van der Waals surface area contributed by atoms with Crippen molar-refractivity contribution in [2.75, 3.05) is 6.61 Å². The Bertz CT molecular complexity index is 1160. The van der Waals surface area contributed by atoms with Crippen LogP contribution in [0.3, 0.4) is 0 Å². The first-order valence-corrected chi connectivity index (χ1v) is 9.57. The van der Waals surface area contributed by atoms with E-state index in [0.29, 0.717) is 6.61 Å². The van der Waals surface area contributed by atoms with Crippen LogP contribution in [-0.2, 0) is 0 Å². The first-order valence-electron chi connectivity index (χ1n) is 9.57. The molecule has 0 saturated heterocycles. The van der Waals surface area contributed by atoms with Gasteiger partial charge in [0.1, 0.15) is 5.75 Å². The Kier molecular flexibility index (Phi) is 5.13. The molecule has 0 spiro atoms. The third-order valence-corrected chi connectivity index (χ3v) is 4.74. The molecule has 0 amide bonds. The smallest absolute Gasteiger partial charge is 0.119 e. The molecular weight excluding hydrogens is 340 g/mol. The van der Waals surface area contributed by atoms with E-state index < -0.39 is 0 Å². The van der Waals surface area contributed by atoms with Crippen LogP contribution in [0.2, 0.25) is 0 Å². The fourth-order valence-electron chi connectivity index (χ4n) is 3.19. The molecule has 0 aromatic heterocycles. The maximum atomic E-state index is 5.57. The molecule has 1 nitrogen and oxygen atoms in total. The summed E-state index contributed by atoms with van der Waals surface area (Å²) in [5, 5.41) is 2.34. The second-order valence-electron chi connectivity index (χ2n) is 6.85. The van der Waals surface area contributed by atoms with Gasteiger partial charge in [0.2, 0.25) is 0 Å². The van der Waals surface area contributed by atoms with Crippen molar-refractivity contribution >= 4 is 10.8 Å². The first-order chi connectivity index (χ1) is 13.7. The highest BCUT2D eigenvalue weighted by Gasteiger charge is 1.99. The predicted octanol–water partition coefficient (Wildman–Crippen LogP) is 6.61. The van der Waals surface area contributed by atoms with Gasteiger partial charge in [-0.3, -0.25) is 0 Å². The van der Waals surface area contributed by atoms with Crippen molar-refractivity contribution in [3.63, 3.8) is 0 Å². The molecule has 0 atom stereocenters. The maximum absolute atomic E-state index is 5.57. The summed E-state index contributed by atoms with van der Waals surface area (Å²) in [5.41, 5.74) is 5.74. The lowest BCUT2D eigenvalue weighted by Crippen LogP contribution is -1.90. The SMILES string of the molecule is CCOc1ccc2cc(C#Cc3ccc(-c4ccc(C)cc4)cc3)ccc2c1. The third kappa shape index (κ3) is 4.08. The number of hydrogen-bond acceptors (Lipinski definition) is 1. The lowest BCUT2D eigenvalue weighted by molar-refractivity contribution is 0.341. The minimum Gasteiger partial charge on any atom is -0.494 e. The highest BCUT2D eigenvalue weighted by atomic mass is 16.5. The summed E-state index contributed by atoms with van der Waals surface area (Å²) < 4.78 is 5.57. The van der Waals surface area contributed by atoms with Crippen LogP contribution in [0.15, 0.2) is 84.9 Å². The van der Waals surface area contributed by atoms with E-state index in [1.54, 1.807) is 0 Å². The zero-order chi connectivity index (χ0) is 19.3. The van der Waals surface area contributed by atoms with Crippen LogP contribution in [0, 0.1) is 18.8 Å². The van der Waals surface area contributed by atoms with Crippen molar-refractivity contribution < 1.29 is 4.74 Å². The Labute approximate surface area is 166 Å². The number of rotatable bonds is 3. The number of benzene rings is 4. The maximum Gasteiger partial charge on any atom is 0.119 e. The minimum absolute atomic E-state index is 0.678. The zero-order valence-corrected chi connectivity index (χ0v) is 16.2. The van der Waals surface area contributed by atoms with Gasteiger partial charge in [0.25, 0.3) is 0 Å². The van der Waals surface area contributed by atoms with E-state index in [9.17, 15) is 0 Å². The normalized spacial score (nSPS) is 10.4. The molecule has 28 heavy (non-hydrogen) atoms. The fourth-order valence-corrected chi connectivity index (χ4v) is 3.19. The van der Waals surface area contributed by atoms with E-state index in [0.717, 1.165) is 16.9 Å². The molecule has 4 rings (SSSR count). The number of ether oxygens (including phenoxy) is 1. The second-order valence-corrected chi connectivity index (χ2v) is 6.85. The van der Waals surface area contributed by atoms with Crippen LogP contribution in [0.25, 0.3) is 21.9 Å². The van der Waals surface area contributed by atoms with Crippen molar-refractivity contribution in [3.8, 4) is 28.7 Å². The number of hydrogen-bond donors (Lipinski definition) is 0. The van der Waals surface area contributed by atoms with E-state index in [2.05, 4.69) is 97.6 Å². The predicted molar refractivity (Wildman–Crippen MR) is 118 cm³/mol. The van der Waals surface area contributed by atoms with Crippen LogP contribution in [-0.4, -0.2) is 6.61 Å². The molecule has 0 unspecified atom stereocenters. The van der Waals surface area contributed by atoms with Crippen molar-refractivity contribution in [2.24, 2.45) is 0 Å². The Hall–Kier alpha value is -3.50. The van der Waals surface area contributed by atoms with Gasteiger partial charge in [-0.2, -0.15) is 0 Å². The molecule has 0 aliphatic carbocycles. The molecule has 0 bridgehead atoms. The highest BCUT2D eigenvalue weighted by molar-refractivity contribution is 5.85. The number of fused-ring (bicyclic) bond motifs is 1. The molecular formula is C27H22O. The van der Waals surface area contributed by atoms with Gasteiger partial charge in [-0.15, -0.1) is 0 Å². The molecule has 4 aromatic carbocycles. The quantitative estimate of drug-likeness (QED) is 0.372. The van der Waals surface area contributed by atoms with Gasteiger partial charge < -0.3 is 4.74 Å². The molecule has 1 heteroatoms. The highest BCUT2D eigenvalue weighted by Crippen LogP contribution is 2.22. The molecule has 0 N–H and O–H groups in total. The lowest BCUT2D eigenvalue weighted by Gasteiger charge is -2.05. The molecule has 0 aliphatic heterocycles. The molecule has 0 radical (unpaired) electrons. The van der Waals surface area contributed by atoms with E-state index in [1.807, 2.05) is 13.0 Å². The fraction of sp³-hybridized carbons (Fsp3) is 0.111. The summed E-state index contributed by atoms with van der Waals surface area (Å²) in [6.07, 6.45) is 0. The molecule has 0 aliphatic rings. The van der Waals surface area contributed by atoms with E-state index in [-0.39, 0.29) is 0 Å². The van der Waals surface area contributed by atoms with Crippen molar-refractivity contribution in [3.05, 3.63) is 102 Å². The first kappa shape index (κ1) is 17.9. The summed E-state index contributed by atoms with van der Waals surface area (Å²) in [4.78, 5) is 0. The Morgan fingerprint density at radius 3 is 1.93 bits per heavy atom. The van der Waals surface area contributed by atoms with Crippen LogP contribution in [0.1, 0.15) is 23.6 Å². The van der Waals surface area contributed by atoms with Gasteiger partial charge in [-0.25, -0.2) is 0 Å². The van der Waals surface area contributed by atoms with Crippen LogP contribution in [0.5, 0.6) is 5.75 Å². The third-order valence-electron chi connectivity index (χ3n) is 4.74. The topological polar surface area (TPSA) is 9.23 Å². The molecule has 0 fully saturated rings. The van der Waals surface area contributed by atoms with Crippen molar-refractivity contribution in [1.29, 1.82) is 0 Å². The molecule has 136 valence electrons. The molecule has 0 saturated carbocycles. The van der Waals surface area contributed by atoms with Gasteiger partial charge in [0.05, 0.1) is 6.61 Å². The average molecular weight is 362 g/mol. The second kappa shape index (κ2) is 8.03. The zero-order valence-electron chi connectivity index (χ0n) is 16.2. The van der Waals surface area contributed by atoms with Crippen LogP contribution in [0.4, 0.5) is 0 Å². The summed E-state index contributed by atoms with van der Waals surface area (Å²) >= 11 is 0. The van der Waals surface area contributed by atoms with Crippen molar-refractivity contribution in [2.45, 2.75) is 13.8 Å². The van der Waals surface area contributed by atoms with Crippen molar-refractivity contribution in [1.82, 2.24) is 0 Å². The minimum atomic E-state index is 0.678. The Balaban J connectivity index is 1.54. The largest absolute Gasteiger partial charge is 0.494 e. The molecule has 4 aromatic rings. The Morgan fingerprint density at radius 2 is 1.21 bits per heavy atom. The lowest BCUT2D eigenvalue weighted by atomic mass is 10.0. The van der Waals surface area contributed by atoms with Crippen LogP contribution >= 0.6 is 0 Å². The number of aryl methyl sites for hydroxylation is 1. The van der Waals surface area contributed by atoms with Gasteiger partial charge in [-0.1, -0.05) is 65.9 Å². The van der Waals surface area contributed by atoms with Gasteiger partial charge in [-0.05, 0) is 72.1 Å². The molecule has 0 heterocycles. The van der Waals surface area contributed by atoms with E-state index in [1.165, 1.54) is 27.5 Å². The summed E-state index contributed by atoms with van der Waals surface area (Å²) in [6.45, 7) is 4.78. The standard InChI is InChI=1S/C27H22O/c1-3-28-27-17-16-25-18-22(10-15-26(25)19-27)7-6-21-8-13-24(14-9-21)23-11-4-20(2)5-12-23/h4-5,8-19H,3H2,1-2H3. The van der Waals surface area contributed by atoms with Gasteiger partial charge in [0, 0.05) is 11.1 Å². The van der Waals surface area contributed by atoms with Gasteiger partial charge in [0.15, 0.2) is 0 Å². The summed E-state index contributed by atoms with van der Waals surface area (Å²) in [6, 6.07) is 29.5.